The molecule has 10 heteroatoms. The van der Waals surface area contributed by atoms with Crippen LogP contribution < -0.4 is 10.1 Å². The summed E-state index contributed by atoms with van der Waals surface area (Å²) < 4.78 is 9.44. The second kappa shape index (κ2) is 10.8. The van der Waals surface area contributed by atoms with Crippen LogP contribution in [-0.4, -0.2) is 36.2 Å². The zero-order valence-corrected chi connectivity index (χ0v) is 20.7. The number of thioether (sulfide) groups is 1. The zero-order valence-electron chi connectivity index (χ0n) is 19.2. The smallest absolute Gasteiger partial charge is 0.225 e. The van der Waals surface area contributed by atoms with Crippen molar-refractivity contribution in [1.29, 1.82) is 0 Å². The molecule has 0 aliphatic rings. The van der Waals surface area contributed by atoms with Crippen molar-refractivity contribution in [3.05, 3.63) is 76.8 Å². The van der Waals surface area contributed by atoms with Gasteiger partial charge in [-0.25, -0.2) is 4.68 Å². The standard InChI is InChI=1S/C24H25ClN6O2S/c1-16-23(17(2)31(29-16)18-9-5-4-6-10-18)26-22(32)13-14-34-24-28-27-21(30(24)3)15-33-20-12-8-7-11-19(20)25/h4-12H,13-15H2,1-3H3,(H,26,32). The van der Waals surface area contributed by atoms with E-state index in [1.807, 2.05) is 72.6 Å². The van der Waals surface area contributed by atoms with E-state index in [0.29, 0.717) is 28.8 Å². The number of anilines is 1. The highest BCUT2D eigenvalue weighted by atomic mass is 35.5. The molecule has 34 heavy (non-hydrogen) atoms. The van der Waals surface area contributed by atoms with Crippen molar-refractivity contribution in [3.8, 4) is 11.4 Å². The number of ether oxygens (including phenoxy) is 1. The summed E-state index contributed by atoms with van der Waals surface area (Å²) in [6.07, 6.45) is 0.332. The first-order valence-electron chi connectivity index (χ1n) is 10.7. The number of amides is 1. The molecule has 0 aliphatic carbocycles. The molecular formula is C24H25ClN6O2S. The Hall–Kier alpha value is -3.30. The molecule has 4 rings (SSSR count). The number of nitrogens with one attached hydrogen (secondary N) is 1. The van der Waals surface area contributed by atoms with Gasteiger partial charge in [0, 0.05) is 19.2 Å². The van der Waals surface area contributed by atoms with E-state index < -0.39 is 0 Å². The molecule has 4 aromatic rings. The van der Waals surface area contributed by atoms with Crippen LogP contribution in [0.4, 0.5) is 5.69 Å². The summed E-state index contributed by atoms with van der Waals surface area (Å²) in [4.78, 5) is 12.6. The van der Waals surface area contributed by atoms with Gasteiger partial charge in [0.05, 0.1) is 27.8 Å². The summed E-state index contributed by atoms with van der Waals surface area (Å²) in [7, 11) is 1.87. The quantitative estimate of drug-likeness (QED) is 0.329. The number of aromatic nitrogens is 5. The number of para-hydroxylation sites is 2. The Kier molecular flexibility index (Phi) is 7.54. The number of halogens is 1. The molecule has 2 aromatic heterocycles. The second-order valence-corrected chi connectivity index (χ2v) is 9.09. The molecule has 0 spiro atoms. The molecule has 0 aliphatic heterocycles. The first-order valence-corrected chi connectivity index (χ1v) is 12.1. The minimum Gasteiger partial charge on any atom is -0.484 e. The van der Waals surface area contributed by atoms with Crippen LogP contribution in [0.15, 0.2) is 59.8 Å². The van der Waals surface area contributed by atoms with Crippen LogP contribution in [0.5, 0.6) is 5.75 Å². The van der Waals surface area contributed by atoms with E-state index in [1.54, 1.807) is 12.1 Å². The van der Waals surface area contributed by atoms with Gasteiger partial charge in [-0.15, -0.1) is 10.2 Å². The summed E-state index contributed by atoms with van der Waals surface area (Å²) in [6.45, 7) is 4.09. The van der Waals surface area contributed by atoms with Crippen molar-refractivity contribution in [3.63, 3.8) is 0 Å². The third-order valence-electron chi connectivity index (χ3n) is 5.24. The molecule has 0 unspecified atom stereocenters. The summed E-state index contributed by atoms with van der Waals surface area (Å²) in [6, 6.07) is 17.1. The Morgan fingerprint density at radius 3 is 2.59 bits per heavy atom. The SMILES string of the molecule is Cc1nn(-c2ccccc2)c(C)c1NC(=O)CCSc1nnc(COc2ccccc2Cl)n1C. The van der Waals surface area contributed by atoms with Gasteiger partial charge in [0.15, 0.2) is 11.0 Å². The van der Waals surface area contributed by atoms with E-state index in [-0.39, 0.29) is 12.5 Å². The lowest BCUT2D eigenvalue weighted by Crippen LogP contribution is -2.13. The van der Waals surface area contributed by atoms with Crippen LogP contribution in [0, 0.1) is 13.8 Å². The number of carbonyl (C=O) groups excluding carboxylic acids is 1. The van der Waals surface area contributed by atoms with Crippen molar-refractivity contribution in [2.24, 2.45) is 7.05 Å². The fourth-order valence-corrected chi connectivity index (χ4v) is 4.44. The first-order chi connectivity index (χ1) is 16.4. The van der Waals surface area contributed by atoms with E-state index >= 15 is 0 Å². The van der Waals surface area contributed by atoms with Crippen LogP contribution >= 0.6 is 23.4 Å². The van der Waals surface area contributed by atoms with Gasteiger partial charge in [0.1, 0.15) is 12.4 Å². The fourth-order valence-electron chi connectivity index (χ4n) is 3.38. The molecular weight excluding hydrogens is 472 g/mol. The Balaban J connectivity index is 1.30. The van der Waals surface area contributed by atoms with Crippen molar-refractivity contribution >= 4 is 35.0 Å². The molecule has 0 fully saturated rings. The third kappa shape index (κ3) is 5.43. The van der Waals surface area contributed by atoms with Crippen molar-refractivity contribution in [1.82, 2.24) is 24.5 Å². The molecule has 2 aromatic carbocycles. The minimum absolute atomic E-state index is 0.0734. The maximum atomic E-state index is 12.6. The van der Waals surface area contributed by atoms with Crippen molar-refractivity contribution in [2.75, 3.05) is 11.1 Å². The van der Waals surface area contributed by atoms with Gasteiger partial charge >= 0.3 is 0 Å². The largest absolute Gasteiger partial charge is 0.484 e. The van der Waals surface area contributed by atoms with Gasteiger partial charge in [-0.3, -0.25) is 4.79 Å². The fraction of sp³-hybridized carbons (Fsp3) is 0.250. The Morgan fingerprint density at radius 2 is 1.82 bits per heavy atom. The van der Waals surface area contributed by atoms with E-state index in [9.17, 15) is 4.79 Å². The van der Waals surface area contributed by atoms with Crippen LogP contribution in [0.2, 0.25) is 5.02 Å². The minimum atomic E-state index is -0.0734. The summed E-state index contributed by atoms with van der Waals surface area (Å²) in [5.41, 5.74) is 3.37. The Bertz CT molecular complexity index is 1290. The lowest BCUT2D eigenvalue weighted by Gasteiger charge is -2.08. The number of aryl methyl sites for hydroxylation is 1. The zero-order chi connectivity index (χ0) is 24.1. The number of hydrogen-bond donors (Lipinski definition) is 1. The van der Waals surface area contributed by atoms with E-state index in [1.165, 1.54) is 11.8 Å². The van der Waals surface area contributed by atoms with Gasteiger partial charge in [-0.1, -0.05) is 53.7 Å². The normalized spacial score (nSPS) is 10.9. The number of benzene rings is 2. The highest BCUT2D eigenvalue weighted by molar-refractivity contribution is 7.99. The predicted octanol–water partition coefficient (Wildman–Crippen LogP) is 4.97. The summed E-state index contributed by atoms with van der Waals surface area (Å²) in [5.74, 6) is 1.76. The lowest BCUT2D eigenvalue weighted by molar-refractivity contribution is -0.115. The first kappa shape index (κ1) is 23.8. The lowest BCUT2D eigenvalue weighted by atomic mass is 10.3. The number of rotatable bonds is 9. The molecule has 1 amide bonds. The highest BCUT2D eigenvalue weighted by Gasteiger charge is 2.16. The maximum absolute atomic E-state index is 12.6. The number of hydrogen-bond acceptors (Lipinski definition) is 6. The van der Waals surface area contributed by atoms with Gasteiger partial charge < -0.3 is 14.6 Å². The molecule has 0 saturated heterocycles. The number of carbonyl (C=O) groups is 1. The maximum Gasteiger partial charge on any atom is 0.225 e. The molecule has 0 bridgehead atoms. The van der Waals surface area contributed by atoms with E-state index in [0.717, 1.165) is 27.9 Å². The Labute approximate surface area is 207 Å². The van der Waals surface area contributed by atoms with E-state index in [4.69, 9.17) is 16.3 Å². The van der Waals surface area contributed by atoms with Gasteiger partial charge in [0.2, 0.25) is 5.91 Å². The average molecular weight is 497 g/mol. The van der Waals surface area contributed by atoms with Crippen LogP contribution in [0.1, 0.15) is 23.6 Å². The number of nitrogens with zero attached hydrogens (tertiary/aromatic N) is 5. The predicted molar refractivity (Wildman–Crippen MR) is 134 cm³/mol. The van der Waals surface area contributed by atoms with Crippen LogP contribution in [-0.2, 0) is 18.4 Å². The highest BCUT2D eigenvalue weighted by Crippen LogP contribution is 2.25. The van der Waals surface area contributed by atoms with Crippen molar-refractivity contribution in [2.45, 2.75) is 32.0 Å². The molecule has 1 N–H and O–H groups in total. The topological polar surface area (TPSA) is 86.9 Å². The molecule has 8 nitrogen and oxygen atoms in total. The van der Waals surface area contributed by atoms with E-state index in [2.05, 4.69) is 20.6 Å². The Morgan fingerprint density at radius 1 is 1.09 bits per heavy atom. The monoisotopic (exact) mass is 496 g/mol. The summed E-state index contributed by atoms with van der Waals surface area (Å²) in [5, 5.41) is 17.3. The molecule has 0 radical (unpaired) electrons. The molecule has 0 saturated carbocycles. The third-order valence-corrected chi connectivity index (χ3v) is 6.57. The van der Waals surface area contributed by atoms with Crippen LogP contribution in [0.25, 0.3) is 5.69 Å². The molecule has 0 atom stereocenters. The molecule has 2 heterocycles. The summed E-state index contributed by atoms with van der Waals surface area (Å²) >= 11 is 7.60. The van der Waals surface area contributed by atoms with Gasteiger partial charge in [-0.05, 0) is 38.1 Å². The second-order valence-electron chi connectivity index (χ2n) is 7.62. The van der Waals surface area contributed by atoms with Crippen LogP contribution in [0.3, 0.4) is 0 Å². The average Bonchev–Trinajstić information content (AvgIpc) is 3.33. The van der Waals surface area contributed by atoms with Gasteiger partial charge in [-0.2, -0.15) is 5.10 Å². The van der Waals surface area contributed by atoms with Crippen molar-refractivity contribution < 1.29 is 9.53 Å². The van der Waals surface area contributed by atoms with Gasteiger partial charge in [0.25, 0.3) is 0 Å². The molecule has 176 valence electrons.